The highest BCUT2D eigenvalue weighted by Crippen LogP contribution is 2.32. The number of alkyl halides is 3. The normalized spacial score (nSPS) is 11.1. The van der Waals surface area contributed by atoms with E-state index in [0.29, 0.717) is 12.3 Å². The maximum Gasteiger partial charge on any atom is 0.416 e. The van der Waals surface area contributed by atoms with Crippen LogP contribution in [0.4, 0.5) is 18.9 Å². The predicted molar refractivity (Wildman–Crippen MR) is 103 cm³/mol. The summed E-state index contributed by atoms with van der Waals surface area (Å²) in [5.41, 5.74) is 1.18. The minimum Gasteiger partial charge on any atom is -0.489 e. The lowest BCUT2D eigenvalue weighted by Gasteiger charge is -2.14. The van der Waals surface area contributed by atoms with Crippen LogP contribution in [-0.4, -0.2) is 11.1 Å². The number of carboxylic acid groups (broad SMARTS) is 1. The second kappa shape index (κ2) is 8.68. The molecule has 3 aromatic carbocycles. The number of hydrogen-bond donors (Lipinski definition) is 2. The van der Waals surface area contributed by atoms with Gasteiger partial charge in [0.15, 0.2) is 0 Å². The Hall–Kier alpha value is -3.48. The number of rotatable bonds is 7. The predicted octanol–water partition coefficient (Wildman–Crippen LogP) is 5.59. The number of aromatic carboxylic acids is 1. The van der Waals surface area contributed by atoms with Gasteiger partial charge in [0.25, 0.3) is 0 Å². The van der Waals surface area contributed by atoms with Gasteiger partial charge in [-0.25, -0.2) is 4.79 Å². The molecule has 29 heavy (non-hydrogen) atoms. The van der Waals surface area contributed by atoms with E-state index in [1.54, 1.807) is 36.4 Å². The van der Waals surface area contributed by atoms with Crippen molar-refractivity contribution < 1.29 is 27.8 Å². The molecule has 0 saturated carbocycles. The fraction of sp³-hybridized carbons (Fsp3) is 0.136. The van der Waals surface area contributed by atoms with E-state index in [2.05, 4.69) is 5.32 Å². The average molecular weight is 401 g/mol. The van der Waals surface area contributed by atoms with Gasteiger partial charge in [-0.2, -0.15) is 13.2 Å². The second-order valence-electron chi connectivity index (χ2n) is 6.33. The molecule has 3 aromatic rings. The first kappa shape index (κ1) is 20.3. The van der Waals surface area contributed by atoms with E-state index in [0.717, 1.165) is 17.3 Å². The van der Waals surface area contributed by atoms with Crippen molar-refractivity contribution in [3.05, 3.63) is 95.1 Å². The van der Waals surface area contributed by atoms with Crippen molar-refractivity contribution in [2.45, 2.75) is 19.3 Å². The zero-order valence-electron chi connectivity index (χ0n) is 15.2. The minimum absolute atomic E-state index is 0.0713. The zero-order valence-corrected chi connectivity index (χ0v) is 15.2. The fourth-order valence-electron chi connectivity index (χ4n) is 2.76. The number of carboxylic acids is 1. The molecule has 0 bridgehead atoms. The maximum atomic E-state index is 13.1. The smallest absolute Gasteiger partial charge is 0.416 e. The van der Waals surface area contributed by atoms with Crippen molar-refractivity contribution in [1.82, 2.24) is 0 Å². The van der Waals surface area contributed by atoms with Crippen LogP contribution in [0.2, 0.25) is 0 Å². The van der Waals surface area contributed by atoms with Gasteiger partial charge < -0.3 is 15.2 Å². The van der Waals surface area contributed by atoms with E-state index in [4.69, 9.17) is 9.84 Å². The van der Waals surface area contributed by atoms with Crippen LogP contribution in [0.25, 0.3) is 0 Å². The molecule has 3 rings (SSSR count). The molecule has 150 valence electrons. The van der Waals surface area contributed by atoms with Crippen molar-refractivity contribution in [2.24, 2.45) is 0 Å². The highest BCUT2D eigenvalue weighted by Gasteiger charge is 2.32. The standard InChI is InChI=1S/C22H18F3NO3/c23-22(24,25)20-7-2-1-5-17(20)14-29-19-6-3-4-15(12-19)13-26-18-10-8-16(9-11-18)21(27)28/h1-12,26H,13-14H2,(H,27,28). The van der Waals surface area contributed by atoms with Gasteiger partial charge in [-0.05, 0) is 48.0 Å². The first-order chi connectivity index (χ1) is 13.8. The topological polar surface area (TPSA) is 58.6 Å². The molecule has 2 N–H and O–H groups in total. The van der Waals surface area contributed by atoms with Crippen LogP contribution >= 0.6 is 0 Å². The number of anilines is 1. The third-order valence-electron chi connectivity index (χ3n) is 4.24. The van der Waals surface area contributed by atoms with Gasteiger partial charge in [0, 0.05) is 17.8 Å². The van der Waals surface area contributed by atoms with Crippen LogP contribution < -0.4 is 10.1 Å². The lowest BCUT2D eigenvalue weighted by atomic mass is 10.1. The summed E-state index contributed by atoms with van der Waals surface area (Å²) in [4.78, 5) is 10.9. The minimum atomic E-state index is -4.43. The Morgan fingerprint density at radius 1 is 0.966 bits per heavy atom. The Morgan fingerprint density at radius 2 is 1.69 bits per heavy atom. The van der Waals surface area contributed by atoms with Gasteiger partial charge in [0.2, 0.25) is 0 Å². The lowest BCUT2D eigenvalue weighted by molar-refractivity contribution is -0.138. The van der Waals surface area contributed by atoms with Gasteiger partial charge in [-0.15, -0.1) is 0 Å². The molecular formula is C22H18F3NO3. The van der Waals surface area contributed by atoms with E-state index < -0.39 is 17.7 Å². The van der Waals surface area contributed by atoms with Crippen molar-refractivity contribution >= 4 is 11.7 Å². The highest BCUT2D eigenvalue weighted by atomic mass is 19.4. The zero-order chi connectivity index (χ0) is 20.9. The van der Waals surface area contributed by atoms with Crippen LogP contribution in [0.3, 0.4) is 0 Å². The van der Waals surface area contributed by atoms with Gasteiger partial charge in [0.1, 0.15) is 12.4 Å². The maximum absolute atomic E-state index is 13.1. The van der Waals surface area contributed by atoms with E-state index in [1.807, 2.05) is 6.07 Å². The van der Waals surface area contributed by atoms with Crippen molar-refractivity contribution in [1.29, 1.82) is 0 Å². The van der Waals surface area contributed by atoms with Crippen molar-refractivity contribution in [2.75, 3.05) is 5.32 Å². The first-order valence-corrected chi connectivity index (χ1v) is 8.77. The van der Waals surface area contributed by atoms with E-state index in [1.165, 1.54) is 24.3 Å². The summed E-state index contributed by atoms with van der Waals surface area (Å²) in [5.74, 6) is -0.531. The number of nitrogens with one attached hydrogen (secondary N) is 1. The average Bonchev–Trinajstić information content (AvgIpc) is 2.71. The summed E-state index contributed by atoms with van der Waals surface area (Å²) in [5, 5.41) is 12.1. The first-order valence-electron chi connectivity index (χ1n) is 8.77. The second-order valence-corrected chi connectivity index (χ2v) is 6.33. The van der Waals surface area contributed by atoms with Crippen LogP contribution in [0.15, 0.2) is 72.8 Å². The van der Waals surface area contributed by atoms with Gasteiger partial charge >= 0.3 is 12.1 Å². The van der Waals surface area contributed by atoms with Crippen LogP contribution in [0.5, 0.6) is 5.75 Å². The molecule has 0 radical (unpaired) electrons. The molecule has 0 aliphatic heterocycles. The van der Waals surface area contributed by atoms with Gasteiger partial charge in [-0.1, -0.05) is 30.3 Å². The van der Waals surface area contributed by atoms with Crippen molar-refractivity contribution in [3.8, 4) is 5.75 Å². The SMILES string of the molecule is O=C(O)c1ccc(NCc2cccc(OCc3ccccc3C(F)(F)F)c2)cc1. The summed E-state index contributed by atoms with van der Waals surface area (Å²) in [6.07, 6.45) is -4.43. The Labute approximate surface area is 165 Å². The number of halogens is 3. The molecule has 0 atom stereocenters. The Morgan fingerprint density at radius 3 is 2.38 bits per heavy atom. The summed E-state index contributed by atoms with van der Waals surface area (Å²) in [6.45, 7) is 0.256. The third kappa shape index (κ3) is 5.51. The molecule has 0 aliphatic rings. The van der Waals surface area contributed by atoms with Gasteiger partial charge in [0.05, 0.1) is 11.1 Å². The van der Waals surface area contributed by atoms with Gasteiger partial charge in [-0.3, -0.25) is 0 Å². The largest absolute Gasteiger partial charge is 0.489 e. The number of hydrogen-bond acceptors (Lipinski definition) is 3. The Balaban J connectivity index is 1.62. The van der Waals surface area contributed by atoms with E-state index in [9.17, 15) is 18.0 Å². The molecule has 0 aliphatic carbocycles. The molecule has 7 heteroatoms. The molecule has 0 unspecified atom stereocenters. The lowest BCUT2D eigenvalue weighted by Crippen LogP contribution is -2.10. The molecule has 0 fully saturated rings. The molecule has 4 nitrogen and oxygen atoms in total. The molecule has 0 aromatic heterocycles. The van der Waals surface area contributed by atoms with E-state index in [-0.39, 0.29) is 17.7 Å². The summed E-state index contributed by atoms with van der Waals surface area (Å²) < 4.78 is 44.8. The van der Waals surface area contributed by atoms with Crippen LogP contribution in [-0.2, 0) is 19.3 Å². The summed E-state index contributed by atoms with van der Waals surface area (Å²) >= 11 is 0. The summed E-state index contributed by atoms with van der Waals surface area (Å²) in [6, 6.07) is 18.7. The summed E-state index contributed by atoms with van der Waals surface area (Å²) in [7, 11) is 0. The highest BCUT2D eigenvalue weighted by molar-refractivity contribution is 5.87. The number of benzene rings is 3. The van der Waals surface area contributed by atoms with Crippen molar-refractivity contribution in [3.63, 3.8) is 0 Å². The molecule has 0 saturated heterocycles. The molecule has 0 spiro atoms. The number of ether oxygens (including phenoxy) is 1. The molecular weight excluding hydrogens is 383 g/mol. The third-order valence-corrected chi connectivity index (χ3v) is 4.24. The number of carbonyl (C=O) groups is 1. The Bertz CT molecular complexity index is 985. The van der Waals surface area contributed by atoms with Crippen LogP contribution in [0, 0.1) is 0 Å². The Kier molecular flexibility index (Phi) is 6.07. The quantitative estimate of drug-likeness (QED) is 0.542. The molecule has 0 heterocycles. The molecule has 0 amide bonds. The fourth-order valence-corrected chi connectivity index (χ4v) is 2.76. The van der Waals surface area contributed by atoms with E-state index >= 15 is 0 Å². The monoisotopic (exact) mass is 401 g/mol. The van der Waals surface area contributed by atoms with Crippen LogP contribution in [0.1, 0.15) is 27.0 Å².